The molecule has 0 saturated heterocycles. The second-order valence-electron chi connectivity index (χ2n) is 6.48. The smallest absolute Gasteiger partial charge is 0.135 e. The number of halogens is 1. The molecule has 0 unspecified atom stereocenters. The molecule has 128 valence electrons. The fourth-order valence-electron chi connectivity index (χ4n) is 2.85. The first-order valence-corrected chi connectivity index (χ1v) is 8.89. The highest BCUT2D eigenvalue weighted by Crippen LogP contribution is 2.38. The summed E-state index contributed by atoms with van der Waals surface area (Å²) in [6.45, 7) is 3.54. The van der Waals surface area contributed by atoms with Crippen LogP contribution in [0.2, 0.25) is 5.15 Å². The fourth-order valence-corrected chi connectivity index (χ4v) is 3.04. The molecule has 0 bridgehead atoms. The minimum absolute atomic E-state index is 0.487. The van der Waals surface area contributed by atoms with Gasteiger partial charge in [-0.15, -0.1) is 0 Å². The van der Waals surface area contributed by atoms with Gasteiger partial charge in [-0.3, -0.25) is 0 Å². The van der Waals surface area contributed by atoms with Crippen molar-refractivity contribution in [2.75, 3.05) is 5.32 Å². The van der Waals surface area contributed by atoms with Gasteiger partial charge in [-0.05, 0) is 30.9 Å². The zero-order valence-electron chi connectivity index (χ0n) is 14.1. The van der Waals surface area contributed by atoms with Crippen molar-refractivity contribution in [2.24, 2.45) is 0 Å². The number of aromatic nitrogens is 4. The Balaban J connectivity index is 1.44. The van der Waals surface area contributed by atoms with Crippen LogP contribution in [0.25, 0.3) is 0 Å². The average molecular weight is 354 g/mol. The van der Waals surface area contributed by atoms with E-state index in [2.05, 4.69) is 49.1 Å². The number of aryl methyl sites for hydroxylation is 1. The van der Waals surface area contributed by atoms with Crippen molar-refractivity contribution in [2.45, 2.75) is 38.8 Å². The van der Waals surface area contributed by atoms with Crippen LogP contribution in [0.1, 0.15) is 41.5 Å². The predicted octanol–water partition coefficient (Wildman–Crippen LogP) is 4.17. The van der Waals surface area contributed by atoms with E-state index in [0.29, 0.717) is 17.6 Å². The number of benzene rings is 1. The van der Waals surface area contributed by atoms with E-state index in [1.807, 2.05) is 19.3 Å². The Kier molecular flexibility index (Phi) is 4.40. The number of nitrogens with zero attached hydrogens (tertiary/aromatic N) is 4. The molecule has 0 spiro atoms. The molecule has 1 aliphatic carbocycles. The normalized spacial score (nSPS) is 13.8. The Morgan fingerprint density at radius 1 is 1.20 bits per heavy atom. The zero-order chi connectivity index (χ0) is 17.2. The summed E-state index contributed by atoms with van der Waals surface area (Å²) in [7, 11) is 0. The first-order valence-electron chi connectivity index (χ1n) is 8.51. The molecule has 0 amide bonds. The molecule has 0 radical (unpaired) electrons. The molecule has 2 heterocycles. The second-order valence-corrected chi connectivity index (χ2v) is 6.87. The lowest BCUT2D eigenvalue weighted by Crippen LogP contribution is -2.05. The van der Waals surface area contributed by atoms with Crippen molar-refractivity contribution < 1.29 is 0 Å². The van der Waals surface area contributed by atoms with Crippen LogP contribution in [-0.2, 0) is 13.1 Å². The number of hydrogen-bond acceptors (Lipinski definition) is 4. The summed E-state index contributed by atoms with van der Waals surface area (Å²) in [6, 6.07) is 10.3. The molecule has 0 atom stereocenters. The first-order chi connectivity index (χ1) is 12.2. The van der Waals surface area contributed by atoms with Crippen LogP contribution in [0.3, 0.4) is 0 Å². The molecule has 1 fully saturated rings. The topological polar surface area (TPSA) is 55.6 Å². The van der Waals surface area contributed by atoms with Crippen molar-refractivity contribution in [3.05, 3.63) is 70.7 Å². The standard InChI is InChI=1S/C19H20ClN5/c1-13-21-7-8-25(13)12-15-4-2-3-14(9-15)11-22-18-10-17(20)23-19(24-18)16-5-6-16/h2-4,7-10,16H,5-6,11-12H2,1H3,(H,22,23,24). The van der Waals surface area contributed by atoms with Gasteiger partial charge >= 0.3 is 0 Å². The van der Waals surface area contributed by atoms with Crippen LogP contribution in [0.15, 0.2) is 42.7 Å². The molecule has 1 saturated carbocycles. The van der Waals surface area contributed by atoms with Crippen LogP contribution in [0, 0.1) is 6.92 Å². The van der Waals surface area contributed by atoms with Crippen molar-refractivity contribution in [3.63, 3.8) is 0 Å². The summed E-state index contributed by atoms with van der Waals surface area (Å²) in [5.41, 5.74) is 2.46. The zero-order valence-corrected chi connectivity index (χ0v) is 14.9. The minimum Gasteiger partial charge on any atom is -0.366 e. The van der Waals surface area contributed by atoms with Gasteiger partial charge in [-0.25, -0.2) is 15.0 Å². The number of nitrogens with one attached hydrogen (secondary N) is 1. The third-order valence-electron chi connectivity index (χ3n) is 4.40. The molecule has 4 rings (SSSR count). The highest BCUT2D eigenvalue weighted by molar-refractivity contribution is 6.29. The van der Waals surface area contributed by atoms with Gasteiger partial charge in [0.2, 0.25) is 0 Å². The lowest BCUT2D eigenvalue weighted by molar-refractivity contribution is 0.760. The molecule has 1 N–H and O–H groups in total. The van der Waals surface area contributed by atoms with Gasteiger partial charge in [0.25, 0.3) is 0 Å². The Morgan fingerprint density at radius 3 is 2.80 bits per heavy atom. The lowest BCUT2D eigenvalue weighted by atomic mass is 10.1. The van der Waals surface area contributed by atoms with Gasteiger partial charge < -0.3 is 9.88 Å². The third kappa shape index (κ3) is 3.99. The van der Waals surface area contributed by atoms with Crippen molar-refractivity contribution in [1.82, 2.24) is 19.5 Å². The first kappa shape index (κ1) is 16.1. The molecule has 0 aliphatic heterocycles. The molecular formula is C19H20ClN5. The van der Waals surface area contributed by atoms with Gasteiger partial charge in [0.05, 0.1) is 0 Å². The highest BCUT2D eigenvalue weighted by Gasteiger charge is 2.27. The summed E-state index contributed by atoms with van der Waals surface area (Å²) in [5, 5.41) is 3.87. The molecule has 1 aliphatic rings. The third-order valence-corrected chi connectivity index (χ3v) is 4.59. The Bertz CT molecular complexity index is 885. The van der Waals surface area contributed by atoms with E-state index in [0.717, 1.165) is 36.9 Å². The SMILES string of the molecule is Cc1nccn1Cc1cccc(CNc2cc(Cl)nc(C3CC3)n2)c1. The van der Waals surface area contributed by atoms with Crippen molar-refractivity contribution in [1.29, 1.82) is 0 Å². The van der Waals surface area contributed by atoms with Gasteiger partial charge in [0.15, 0.2) is 0 Å². The molecule has 1 aromatic carbocycles. The van der Waals surface area contributed by atoms with Gasteiger partial charge in [0, 0.05) is 37.5 Å². The lowest BCUT2D eigenvalue weighted by Gasteiger charge is -2.10. The number of anilines is 1. The molecular weight excluding hydrogens is 334 g/mol. The van der Waals surface area contributed by atoms with E-state index in [1.165, 1.54) is 11.1 Å². The Morgan fingerprint density at radius 2 is 2.04 bits per heavy atom. The second kappa shape index (κ2) is 6.84. The van der Waals surface area contributed by atoms with Gasteiger partial charge in [-0.2, -0.15) is 0 Å². The van der Waals surface area contributed by atoms with E-state index < -0.39 is 0 Å². The van der Waals surface area contributed by atoms with E-state index in [9.17, 15) is 0 Å². The molecule has 6 heteroatoms. The Labute approximate surface area is 152 Å². The van der Waals surface area contributed by atoms with E-state index in [1.54, 1.807) is 6.07 Å². The largest absolute Gasteiger partial charge is 0.366 e. The quantitative estimate of drug-likeness (QED) is 0.676. The summed E-state index contributed by atoms with van der Waals surface area (Å²) in [6.07, 6.45) is 6.16. The number of hydrogen-bond donors (Lipinski definition) is 1. The fraction of sp³-hybridized carbons (Fsp3) is 0.316. The number of rotatable bonds is 6. The summed E-state index contributed by atoms with van der Waals surface area (Å²) < 4.78 is 2.14. The van der Waals surface area contributed by atoms with Crippen LogP contribution in [-0.4, -0.2) is 19.5 Å². The van der Waals surface area contributed by atoms with E-state index >= 15 is 0 Å². The van der Waals surface area contributed by atoms with Gasteiger partial charge in [-0.1, -0.05) is 35.9 Å². The van der Waals surface area contributed by atoms with Crippen molar-refractivity contribution in [3.8, 4) is 0 Å². The van der Waals surface area contributed by atoms with E-state index in [-0.39, 0.29) is 0 Å². The maximum Gasteiger partial charge on any atom is 0.135 e. The average Bonchev–Trinajstić information content (AvgIpc) is 3.38. The summed E-state index contributed by atoms with van der Waals surface area (Å²) in [5.74, 6) is 3.16. The highest BCUT2D eigenvalue weighted by atomic mass is 35.5. The van der Waals surface area contributed by atoms with E-state index in [4.69, 9.17) is 11.6 Å². The molecule has 25 heavy (non-hydrogen) atoms. The van der Waals surface area contributed by atoms with Crippen LogP contribution < -0.4 is 5.32 Å². The van der Waals surface area contributed by atoms with Crippen molar-refractivity contribution >= 4 is 17.4 Å². The molecule has 2 aromatic heterocycles. The van der Waals surface area contributed by atoms with Crippen LogP contribution >= 0.6 is 11.6 Å². The van der Waals surface area contributed by atoms with Gasteiger partial charge in [0.1, 0.15) is 22.6 Å². The maximum atomic E-state index is 6.12. The summed E-state index contributed by atoms with van der Waals surface area (Å²) >= 11 is 6.12. The van der Waals surface area contributed by atoms with Crippen LogP contribution in [0.5, 0.6) is 0 Å². The minimum atomic E-state index is 0.487. The number of imidazole rings is 1. The molecule has 5 nitrogen and oxygen atoms in total. The Hall–Kier alpha value is -2.40. The molecule has 3 aromatic rings. The summed E-state index contributed by atoms with van der Waals surface area (Å²) in [4.78, 5) is 13.2. The monoisotopic (exact) mass is 353 g/mol. The maximum absolute atomic E-state index is 6.12. The predicted molar refractivity (Wildman–Crippen MR) is 98.9 cm³/mol. The van der Waals surface area contributed by atoms with Crippen LogP contribution in [0.4, 0.5) is 5.82 Å².